The van der Waals surface area contributed by atoms with Crippen LogP contribution in [-0.2, 0) is 23.1 Å². The lowest BCUT2D eigenvalue weighted by Gasteiger charge is -2.18. The first-order valence-electron chi connectivity index (χ1n) is 11.2. The lowest BCUT2D eigenvalue weighted by Crippen LogP contribution is -2.22. The van der Waals surface area contributed by atoms with Crippen molar-refractivity contribution in [2.45, 2.75) is 33.1 Å². The fourth-order valence-electron chi connectivity index (χ4n) is 4.08. The largest absolute Gasteiger partial charge is 0.454 e. The maximum Gasteiger partial charge on any atom is 0.209 e. The van der Waals surface area contributed by atoms with E-state index in [1.165, 1.54) is 31.5 Å². The molecule has 3 aromatic rings. The molecule has 2 aliphatic rings. The minimum Gasteiger partial charge on any atom is -0.454 e. The minimum atomic E-state index is -0.173. The monoisotopic (exact) mass is 477 g/mol. The summed E-state index contributed by atoms with van der Waals surface area (Å²) >= 11 is 6.69. The van der Waals surface area contributed by atoms with Crippen molar-refractivity contribution in [2.24, 2.45) is 18.9 Å². The van der Waals surface area contributed by atoms with Gasteiger partial charge in [-0.05, 0) is 43.4 Å². The Kier molecular flexibility index (Phi) is 5.69. The molecule has 8 nitrogen and oxygen atoms in total. The molecule has 2 aliphatic carbocycles. The van der Waals surface area contributed by atoms with Crippen LogP contribution in [0, 0.1) is 11.8 Å². The summed E-state index contributed by atoms with van der Waals surface area (Å²) in [5, 5.41) is 3.54. The molecule has 1 N–H and O–H groups in total. The van der Waals surface area contributed by atoms with E-state index in [-0.39, 0.29) is 23.9 Å². The van der Waals surface area contributed by atoms with E-state index in [0.29, 0.717) is 50.9 Å². The summed E-state index contributed by atoms with van der Waals surface area (Å²) in [4.78, 5) is 37.3. The number of hydrogen-bond donors (Lipinski definition) is 1. The Morgan fingerprint density at radius 3 is 2.85 bits per heavy atom. The molecule has 1 fully saturated rings. The molecule has 0 saturated heterocycles. The third kappa shape index (κ3) is 4.33. The quantitative estimate of drug-likeness (QED) is 0.522. The molecule has 0 radical (unpaired) electrons. The number of carbonyl (C=O) groups excluding carboxylic acids is 2. The Morgan fingerprint density at radius 1 is 1.32 bits per heavy atom. The highest BCUT2D eigenvalue weighted by Gasteiger charge is 2.31. The van der Waals surface area contributed by atoms with Gasteiger partial charge < -0.3 is 14.6 Å². The van der Waals surface area contributed by atoms with Gasteiger partial charge in [0.25, 0.3) is 0 Å². The first-order valence-corrected chi connectivity index (χ1v) is 11.6. The highest BCUT2D eigenvalue weighted by Crippen LogP contribution is 2.40. The van der Waals surface area contributed by atoms with Crippen molar-refractivity contribution in [3.8, 4) is 11.5 Å². The van der Waals surface area contributed by atoms with Gasteiger partial charge >= 0.3 is 0 Å². The third-order valence-corrected chi connectivity index (χ3v) is 6.34. The van der Waals surface area contributed by atoms with Gasteiger partial charge in [0.15, 0.2) is 17.2 Å². The molecule has 34 heavy (non-hydrogen) atoms. The number of ketones is 2. The number of anilines is 1. The first-order chi connectivity index (χ1) is 16.3. The second-order valence-electron chi connectivity index (χ2n) is 8.84. The van der Waals surface area contributed by atoms with E-state index in [1.807, 2.05) is 13.0 Å². The molecule has 174 valence electrons. The smallest absolute Gasteiger partial charge is 0.209 e. The van der Waals surface area contributed by atoms with Crippen LogP contribution in [0.2, 0.25) is 5.02 Å². The predicted molar refractivity (Wildman–Crippen MR) is 129 cm³/mol. The summed E-state index contributed by atoms with van der Waals surface area (Å²) < 4.78 is 7.72. The molecule has 0 spiro atoms. The number of aryl methyl sites for hydroxylation is 1. The van der Waals surface area contributed by atoms with E-state index in [9.17, 15) is 9.59 Å². The molecule has 1 atom stereocenters. The van der Waals surface area contributed by atoms with E-state index in [4.69, 9.17) is 16.3 Å². The zero-order valence-electron chi connectivity index (χ0n) is 19.1. The second-order valence-corrected chi connectivity index (χ2v) is 9.22. The molecule has 0 aromatic carbocycles. The number of hydrogen-bond acceptors (Lipinski definition) is 7. The predicted octanol–water partition coefficient (Wildman–Crippen LogP) is 4.79. The molecule has 5 rings (SSSR count). The number of carbonyl (C=O) groups is 2. The number of imidazole rings is 1. The lowest BCUT2D eigenvalue weighted by atomic mass is 9.92. The van der Waals surface area contributed by atoms with Crippen LogP contribution in [0.4, 0.5) is 5.95 Å². The maximum atomic E-state index is 12.8. The van der Waals surface area contributed by atoms with Crippen LogP contribution in [0.3, 0.4) is 0 Å². The van der Waals surface area contributed by atoms with Gasteiger partial charge in [-0.15, -0.1) is 0 Å². The van der Waals surface area contributed by atoms with E-state index in [1.54, 1.807) is 29.9 Å². The number of fused-ring (bicyclic) bond motifs is 1. The number of aromatic nitrogens is 4. The SMILES string of the molecule is CC(=O)Cc1cc(Oc2cnc3nc(NC4=CC(C5CC5)=CC(C)C4=O)n(C)c3c2Cl)ccn1. The number of rotatable bonds is 7. The summed E-state index contributed by atoms with van der Waals surface area (Å²) in [6.07, 6.45) is 9.64. The van der Waals surface area contributed by atoms with Gasteiger partial charge in [-0.3, -0.25) is 14.6 Å². The topological polar surface area (TPSA) is 99.0 Å². The average molecular weight is 478 g/mol. The van der Waals surface area contributed by atoms with E-state index in [2.05, 4.69) is 26.3 Å². The van der Waals surface area contributed by atoms with Crippen molar-refractivity contribution in [3.63, 3.8) is 0 Å². The Hall–Kier alpha value is -3.52. The summed E-state index contributed by atoms with van der Waals surface area (Å²) in [6, 6.07) is 3.39. The zero-order valence-corrected chi connectivity index (χ0v) is 19.9. The minimum absolute atomic E-state index is 0.0152. The van der Waals surface area contributed by atoms with Crippen molar-refractivity contribution < 1.29 is 14.3 Å². The van der Waals surface area contributed by atoms with Crippen molar-refractivity contribution in [2.75, 3.05) is 5.32 Å². The van der Waals surface area contributed by atoms with E-state index < -0.39 is 0 Å². The molecule has 0 amide bonds. The highest BCUT2D eigenvalue weighted by atomic mass is 35.5. The normalized spacial score (nSPS) is 18.0. The Labute approximate surface area is 201 Å². The number of allylic oxidation sites excluding steroid dienone is 4. The molecule has 9 heteroatoms. The van der Waals surface area contributed by atoms with Crippen molar-refractivity contribution in [1.82, 2.24) is 19.5 Å². The number of nitrogens with one attached hydrogen (secondary N) is 1. The van der Waals surface area contributed by atoms with Crippen LogP contribution < -0.4 is 10.1 Å². The molecule has 1 saturated carbocycles. The standard InChI is InChI=1S/C25H24ClN5O3/c1-13-8-16(15-4-5-15)10-19(23(13)33)29-25-30-24-22(31(25)3)21(26)20(12-28-24)34-18-6-7-27-17(11-18)9-14(2)32/h6-8,10-13,15H,4-5,9H2,1-3H3,(H,28,29,30). The van der Waals surface area contributed by atoms with Gasteiger partial charge in [-0.1, -0.05) is 24.6 Å². The molecule has 0 bridgehead atoms. The molecule has 3 heterocycles. The second kappa shape index (κ2) is 8.68. The number of ether oxygens (including phenoxy) is 1. The van der Waals surface area contributed by atoms with Crippen molar-refractivity contribution >= 4 is 40.3 Å². The average Bonchev–Trinajstić information content (AvgIpc) is 3.58. The molecule has 0 aliphatic heterocycles. The van der Waals surface area contributed by atoms with Gasteiger partial charge in [0, 0.05) is 31.6 Å². The summed E-state index contributed by atoms with van der Waals surface area (Å²) in [7, 11) is 1.81. The van der Waals surface area contributed by atoms with Crippen LogP contribution in [0.25, 0.3) is 11.2 Å². The van der Waals surface area contributed by atoms with Crippen molar-refractivity contribution in [3.05, 3.63) is 58.7 Å². The summed E-state index contributed by atoms with van der Waals surface area (Å²) in [5.74, 6) is 1.74. The molecular weight excluding hydrogens is 454 g/mol. The lowest BCUT2D eigenvalue weighted by molar-refractivity contribution is -0.117. The van der Waals surface area contributed by atoms with E-state index >= 15 is 0 Å². The van der Waals surface area contributed by atoms with Gasteiger partial charge in [0.05, 0.1) is 17.6 Å². The van der Waals surface area contributed by atoms with Crippen LogP contribution in [0.5, 0.6) is 11.5 Å². The molecule has 3 aromatic heterocycles. The molecule has 1 unspecified atom stereocenters. The van der Waals surface area contributed by atoms with Gasteiger partial charge in [-0.2, -0.15) is 4.98 Å². The Bertz CT molecular complexity index is 1390. The summed E-state index contributed by atoms with van der Waals surface area (Å²) in [6.45, 7) is 3.43. The van der Waals surface area contributed by atoms with Gasteiger partial charge in [-0.25, -0.2) is 4.98 Å². The Morgan fingerprint density at radius 2 is 2.12 bits per heavy atom. The van der Waals surface area contributed by atoms with Crippen LogP contribution in [0.15, 0.2) is 47.9 Å². The maximum absolute atomic E-state index is 12.8. The van der Waals surface area contributed by atoms with Crippen LogP contribution >= 0.6 is 11.6 Å². The molecular formula is C25H24ClN5O3. The number of nitrogens with zero attached hydrogens (tertiary/aromatic N) is 4. The van der Waals surface area contributed by atoms with Crippen LogP contribution in [0.1, 0.15) is 32.4 Å². The van der Waals surface area contributed by atoms with Crippen LogP contribution in [-0.4, -0.2) is 31.1 Å². The zero-order chi connectivity index (χ0) is 24.0. The fourth-order valence-corrected chi connectivity index (χ4v) is 4.38. The van der Waals surface area contributed by atoms with Gasteiger partial charge in [0.2, 0.25) is 5.95 Å². The van der Waals surface area contributed by atoms with E-state index in [0.717, 1.165) is 0 Å². The Balaban J connectivity index is 1.44. The van der Waals surface area contributed by atoms with Gasteiger partial charge in [0.1, 0.15) is 22.1 Å². The highest BCUT2D eigenvalue weighted by molar-refractivity contribution is 6.36. The third-order valence-electron chi connectivity index (χ3n) is 5.98. The van der Waals surface area contributed by atoms with Crippen molar-refractivity contribution in [1.29, 1.82) is 0 Å². The summed E-state index contributed by atoms with van der Waals surface area (Å²) in [5.41, 5.74) is 3.36. The first kappa shape index (κ1) is 22.3. The number of pyridine rings is 2. The number of Topliss-reactive ketones (excluding diaryl/α,β-unsaturated/α-hetero) is 2. The number of halogens is 1. The fraction of sp³-hybridized carbons (Fsp3) is 0.320.